The summed E-state index contributed by atoms with van der Waals surface area (Å²) in [6.07, 6.45) is 1.45. The van der Waals surface area contributed by atoms with E-state index in [4.69, 9.17) is 19.3 Å². The molecule has 0 rings (SSSR count). The van der Waals surface area contributed by atoms with Crippen molar-refractivity contribution >= 4 is 19.8 Å². The van der Waals surface area contributed by atoms with Crippen LogP contribution < -0.4 is 0 Å². The largest absolute Gasteiger partial charge is 0.469 e. The van der Waals surface area contributed by atoms with Gasteiger partial charge in [0.05, 0.1) is 6.61 Å². The average molecular weight is 326 g/mol. The molecule has 0 saturated carbocycles. The first-order chi connectivity index (χ1) is 9.78. The average Bonchev–Trinajstić information content (AvgIpc) is 2.38. The summed E-state index contributed by atoms with van der Waals surface area (Å²) in [5.74, 6) is -0.994. The van der Waals surface area contributed by atoms with Gasteiger partial charge in [-0.1, -0.05) is 20.3 Å². The van der Waals surface area contributed by atoms with Crippen LogP contribution in [-0.2, 0) is 28.2 Å². The molecule has 1 atom stereocenters. The molecular weight excluding hydrogens is 303 g/mol. The van der Waals surface area contributed by atoms with E-state index in [-0.39, 0.29) is 19.4 Å². The number of ether oxygens (including phenoxy) is 2. The Balaban J connectivity index is 4.32. The van der Waals surface area contributed by atoms with Crippen molar-refractivity contribution < 1.29 is 37.9 Å². The summed E-state index contributed by atoms with van der Waals surface area (Å²) in [5.41, 5.74) is 0. The Kier molecular flexibility index (Phi) is 10.2. The van der Waals surface area contributed by atoms with E-state index in [1.165, 1.54) is 0 Å². The Labute approximate surface area is 124 Å². The van der Waals surface area contributed by atoms with Crippen molar-refractivity contribution in [2.24, 2.45) is 0 Å². The Bertz CT molecular complexity index is 364. The SMILES string of the molecule is CCCCC(=O)OC[C@H](COP(=O)(O)O)OC(=O)CCC. The minimum Gasteiger partial charge on any atom is -0.462 e. The molecule has 0 aliphatic heterocycles. The minimum absolute atomic E-state index is 0.163. The molecule has 0 radical (unpaired) electrons. The summed E-state index contributed by atoms with van der Waals surface area (Å²) in [7, 11) is -4.68. The van der Waals surface area contributed by atoms with Gasteiger partial charge in [0.25, 0.3) is 0 Å². The maximum Gasteiger partial charge on any atom is 0.469 e. The lowest BCUT2D eigenvalue weighted by Gasteiger charge is -2.18. The fourth-order valence-corrected chi connectivity index (χ4v) is 1.68. The fourth-order valence-electron chi connectivity index (χ4n) is 1.32. The first kappa shape index (κ1) is 20.1. The van der Waals surface area contributed by atoms with Crippen LogP contribution in [0.1, 0.15) is 46.0 Å². The van der Waals surface area contributed by atoms with Crippen LogP contribution in [-0.4, -0.2) is 41.0 Å². The van der Waals surface area contributed by atoms with E-state index in [1.807, 2.05) is 6.92 Å². The second kappa shape index (κ2) is 10.7. The predicted molar refractivity (Wildman–Crippen MR) is 73.3 cm³/mol. The van der Waals surface area contributed by atoms with E-state index >= 15 is 0 Å². The van der Waals surface area contributed by atoms with Crippen LogP contribution in [0.5, 0.6) is 0 Å². The quantitative estimate of drug-likeness (QED) is 0.433. The monoisotopic (exact) mass is 326 g/mol. The third-order valence-electron chi connectivity index (χ3n) is 2.35. The first-order valence-electron chi connectivity index (χ1n) is 6.83. The highest BCUT2D eigenvalue weighted by atomic mass is 31.2. The third kappa shape index (κ3) is 12.5. The maximum absolute atomic E-state index is 11.4. The van der Waals surface area contributed by atoms with Crippen molar-refractivity contribution in [1.29, 1.82) is 0 Å². The van der Waals surface area contributed by atoms with Gasteiger partial charge in [-0.25, -0.2) is 4.57 Å². The van der Waals surface area contributed by atoms with E-state index < -0.39 is 32.5 Å². The molecule has 0 saturated heterocycles. The molecule has 8 nitrogen and oxygen atoms in total. The molecule has 0 aromatic heterocycles. The lowest BCUT2D eigenvalue weighted by molar-refractivity contribution is -0.161. The van der Waals surface area contributed by atoms with E-state index in [2.05, 4.69) is 4.52 Å². The summed E-state index contributed by atoms with van der Waals surface area (Å²) < 4.78 is 24.8. The molecule has 124 valence electrons. The van der Waals surface area contributed by atoms with Crippen molar-refractivity contribution in [1.82, 2.24) is 0 Å². The van der Waals surface area contributed by atoms with Gasteiger partial charge in [0.1, 0.15) is 6.61 Å². The topological polar surface area (TPSA) is 119 Å². The van der Waals surface area contributed by atoms with E-state index in [9.17, 15) is 14.2 Å². The highest BCUT2D eigenvalue weighted by Gasteiger charge is 2.22. The van der Waals surface area contributed by atoms with Gasteiger partial charge in [0.2, 0.25) is 0 Å². The molecule has 0 unspecified atom stereocenters. The lowest BCUT2D eigenvalue weighted by Crippen LogP contribution is -2.29. The van der Waals surface area contributed by atoms with Gasteiger partial charge in [-0.15, -0.1) is 0 Å². The number of hydrogen-bond donors (Lipinski definition) is 2. The molecule has 0 aromatic rings. The zero-order valence-corrected chi connectivity index (χ0v) is 13.2. The number of rotatable bonds is 11. The first-order valence-corrected chi connectivity index (χ1v) is 8.36. The Morgan fingerprint density at radius 1 is 1.05 bits per heavy atom. The number of phosphoric acid groups is 1. The predicted octanol–water partition coefficient (Wildman–Crippen LogP) is 1.54. The molecule has 0 amide bonds. The number of hydrogen-bond acceptors (Lipinski definition) is 6. The third-order valence-corrected chi connectivity index (χ3v) is 2.83. The maximum atomic E-state index is 11.4. The van der Waals surface area contributed by atoms with Gasteiger partial charge >= 0.3 is 19.8 Å². The molecule has 0 heterocycles. The van der Waals surface area contributed by atoms with Crippen LogP contribution in [0.2, 0.25) is 0 Å². The van der Waals surface area contributed by atoms with Crippen LogP contribution in [0, 0.1) is 0 Å². The van der Waals surface area contributed by atoms with Crippen LogP contribution in [0.3, 0.4) is 0 Å². The fraction of sp³-hybridized carbons (Fsp3) is 0.833. The molecule has 0 aromatic carbocycles. The van der Waals surface area contributed by atoms with Crippen molar-refractivity contribution in [3.63, 3.8) is 0 Å². The molecule has 0 aliphatic rings. The zero-order valence-electron chi connectivity index (χ0n) is 12.3. The molecule has 0 aliphatic carbocycles. The smallest absolute Gasteiger partial charge is 0.462 e. The van der Waals surface area contributed by atoms with Gasteiger partial charge < -0.3 is 19.3 Å². The number of carbonyl (C=O) groups is 2. The van der Waals surface area contributed by atoms with Crippen LogP contribution in [0.4, 0.5) is 0 Å². The van der Waals surface area contributed by atoms with E-state index in [0.29, 0.717) is 12.8 Å². The van der Waals surface area contributed by atoms with Crippen molar-refractivity contribution in [2.75, 3.05) is 13.2 Å². The second-order valence-electron chi connectivity index (χ2n) is 4.43. The summed E-state index contributed by atoms with van der Waals surface area (Å²) in [4.78, 5) is 40.0. The highest BCUT2D eigenvalue weighted by Crippen LogP contribution is 2.35. The summed E-state index contributed by atoms with van der Waals surface area (Å²) in [6, 6.07) is 0. The molecule has 9 heteroatoms. The van der Waals surface area contributed by atoms with Gasteiger partial charge in [0, 0.05) is 12.8 Å². The normalized spacial score (nSPS) is 12.8. The molecule has 0 bridgehead atoms. The Hall–Kier alpha value is -0.950. The van der Waals surface area contributed by atoms with Crippen molar-refractivity contribution in [2.45, 2.75) is 52.1 Å². The molecule has 2 N–H and O–H groups in total. The Morgan fingerprint density at radius 2 is 1.71 bits per heavy atom. The molecule has 0 fully saturated rings. The van der Waals surface area contributed by atoms with Crippen LogP contribution in [0.15, 0.2) is 0 Å². The lowest BCUT2D eigenvalue weighted by atomic mass is 10.2. The number of phosphoric ester groups is 1. The number of unbranched alkanes of at least 4 members (excludes halogenated alkanes) is 1. The van der Waals surface area contributed by atoms with Crippen LogP contribution in [0.25, 0.3) is 0 Å². The number of esters is 2. The van der Waals surface area contributed by atoms with Gasteiger partial charge in [-0.2, -0.15) is 0 Å². The zero-order chi connectivity index (χ0) is 16.3. The van der Waals surface area contributed by atoms with Crippen molar-refractivity contribution in [3.8, 4) is 0 Å². The van der Waals surface area contributed by atoms with Crippen LogP contribution >= 0.6 is 7.82 Å². The summed E-state index contributed by atoms with van der Waals surface area (Å²) in [5, 5.41) is 0. The number of carbonyl (C=O) groups excluding carboxylic acids is 2. The highest BCUT2D eigenvalue weighted by molar-refractivity contribution is 7.46. The van der Waals surface area contributed by atoms with Gasteiger partial charge in [-0.3, -0.25) is 14.1 Å². The molecular formula is C12H23O8P. The van der Waals surface area contributed by atoms with E-state index in [1.54, 1.807) is 6.92 Å². The van der Waals surface area contributed by atoms with Gasteiger partial charge in [-0.05, 0) is 12.8 Å². The minimum atomic E-state index is -4.68. The van der Waals surface area contributed by atoms with E-state index in [0.717, 1.165) is 6.42 Å². The summed E-state index contributed by atoms with van der Waals surface area (Å²) >= 11 is 0. The second-order valence-corrected chi connectivity index (χ2v) is 5.67. The van der Waals surface area contributed by atoms with Gasteiger partial charge in [0.15, 0.2) is 6.10 Å². The van der Waals surface area contributed by atoms with Crippen molar-refractivity contribution in [3.05, 3.63) is 0 Å². The standard InChI is InChI=1S/C12H23O8P/c1-3-5-7-11(13)18-8-10(9-19-21(15,16)17)20-12(14)6-4-2/h10H,3-9H2,1-2H3,(H2,15,16,17)/t10-/m1/s1. The Morgan fingerprint density at radius 3 is 2.24 bits per heavy atom. The molecule has 0 spiro atoms. The molecule has 21 heavy (non-hydrogen) atoms. The summed E-state index contributed by atoms with van der Waals surface area (Å²) in [6.45, 7) is 2.88.